The molecule has 1 saturated heterocycles. The third kappa shape index (κ3) is 3.74. The fraction of sp³-hybridized carbons (Fsp3) is 0.368. The molecule has 2 heterocycles. The Hall–Kier alpha value is -2.40. The maximum Gasteiger partial charge on any atom is 0.274 e. The number of benzene rings is 1. The van der Waals surface area contributed by atoms with Crippen molar-refractivity contribution in [1.29, 1.82) is 0 Å². The SMILES string of the molecule is Cc1ccc(NC(=O)c2ccc(N3CCN(C)CC3)cn2)c(C)c1. The quantitative estimate of drug-likeness (QED) is 0.943. The number of aromatic nitrogens is 1. The van der Waals surface area contributed by atoms with Crippen LogP contribution >= 0.6 is 0 Å². The summed E-state index contributed by atoms with van der Waals surface area (Å²) in [4.78, 5) is 21.4. The fourth-order valence-corrected chi connectivity index (χ4v) is 2.91. The third-order valence-electron chi connectivity index (χ3n) is 4.48. The summed E-state index contributed by atoms with van der Waals surface area (Å²) in [6.45, 7) is 8.12. The maximum atomic E-state index is 12.4. The molecule has 0 saturated carbocycles. The summed E-state index contributed by atoms with van der Waals surface area (Å²) < 4.78 is 0. The van der Waals surface area contributed by atoms with Crippen LogP contribution in [0.2, 0.25) is 0 Å². The van der Waals surface area contributed by atoms with Gasteiger partial charge in [0, 0.05) is 31.9 Å². The monoisotopic (exact) mass is 324 g/mol. The molecule has 0 atom stereocenters. The molecule has 0 bridgehead atoms. The van der Waals surface area contributed by atoms with Gasteiger partial charge < -0.3 is 15.1 Å². The standard InChI is InChI=1S/C19H24N4O/c1-14-4-6-17(15(2)12-14)21-19(24)18-7-5-16(13-20-18)23-10-8-22(3)9-11-23/h4-7,12-13H,8-11H2,1-3H3,(H,21,24). The largest absolute Gasteiger partial charge is 0.368 e. The summed E-state index contributed by atoms with van der Waals surface area (Å²) in [7, 11) is 2.14. The number of amides is 1. The topological polar surface area (TPSA) is 48.5 Å². The van der Waals surface area contributed by atoms with Crippen LogP contribution in [0.5, 0.6) is 0 Å². The minimum Gasteiger partial charge on any atom is -0.368 e. The smallest absolute Gasteiger partial charge is 0.274 e. The second-order valence-corrected chi connectivity index (χ2v) is 6.46. The van der Waals surface area contributed by atoms with Crippen LogP contribution in [0.1, 0.15) is 21.6 Å². The van der Waals surface area contributed by atoms with Crippen LogP contribution in [-0.4, -0.2) is 49.0 Å². The van der Waals surface area contributed by atoms with E-state index < -0.39 is 0 Å². The van der Waals surface area contributed by atoms with Crippen molar-refractivity contribution in [2.45, 2.75) is 13.8 Å². The zero-order chi connectivity index (χ0) is 17.1. The molecule has 1 aliphatic heterocycles. The zero-order valence-corrected chi connectivity index (χ0v) is 14.5. The van der Waals surface area contributed by atoms with Gasteiger partial charge in [-0.2, -0.15) is 0 Å². The lowest BCUT2D eigenvalue weighted by Crippen LogP contribution is -2.44. The second-order valence-electron chi connectivity index (χ2n) is 6.46. The number of nitrogens with zero attached hydrogens (tertiary/aromatic N) is 3. The van der Waals surface area contributed by atoms with Crippen molar-refractivity contribution in [3.05, 3.63) is 53.3 Å². The highest BCUT2D eigenvalue weighted by atomic mass is 16.1. The lowest BCUT2D eigenvalue weighted by atomic mass is 10.1. The number of likely N-dealkylation sites (N-methyl/N-ethyl adjacent to an activating group) is 1. The van der Waals surface area contributed by atoms with E-state index in [9.17, 15) is 4.79 Å². The van der Waals surface area contributed by atoms with Gasteiger partial charge in [-0.25, -0.2) is 4.98 Å². The fourth-order valence-electron chi connectivity index (χ4n) is 2.91. The molecule has 2 aromatic rings. The van der Waals surface area contributed by atoms with E-state index in [2.05, 4.69) is 33.2 Å². The summed E-state index contributed by atoms with van der Waals surface area (Å²) in [5.41, 5.74) is 4.58. The van der Waals surface area contributed by atoms with Gasteiger partial charge in [0.05, 0.1) is 11.9 Å². The molecule has 1 aromatic carbocycles. The van der Waals surface area contributed by atoms with Crippen molar-refractivity contribution < 1.29 is 4.79 Å². The minimum atomic E-state index is -0.174. The number of hydrogen-bond acceptors (Lipinski definition) is 4. The number of carbonyl (C=O) groups excluding carboxylic acids is 1. The number of anilines is 2. The van der Waals surface area contributed by atoms with Crippen LogP contribution in [0.4, 0.5) is 11.4 Å². The minimum absolute atomic E-state index is 0.174. The van der Waals surface area contributed by atoms with E-state index in [1.165, 1.54) is 5.56 Å². The summed E-state index contributed by atoms with van der Waals surface area (Å²) in [5.74, 6) is -0.174. The van der Waals surface area contributed by atoms with Crippen LogP contribution in [0.25, 0.3) is 0 Å². The number of aryl methyl sites for hydroxylation is 2. The Morgan fingerprint density at radius 1 is 1.08 bits per heavy atom. The van der Waals surface area contributed by atoms with E-state index >= 15 is 0 Å². The van der Waals surface area contributed by atoms with Crippen molar-refractivity contribution >= 4 is 17.3 Å². The van der Waals surface area contributed by atoms with E-state index in [1.807, 2.05) is 32.0 Å². The van der Waals surface area contributed by atoms with Crippen LogP contribution in [0.3, 0.4) is 0 Å². The van der Waals surface area contributed by atoms with Crippen molar-refractivity contribution in [3.8, 4) is 0 Å². The highest BCUT2D eigenvalue weighted by molar-refractivity contribution is 6.03. The summed E-state index contributed by atoms with van der Waals surface area (Å²) in [6, 6.07) is 9.76. The number of carbonyl (C=O) groups is 1. The Bertz CT molecular complexity index is 719. The molecule has 0 spiro atoms. The normalized spacial score (nSPS) is 15.4. The van der Waals surface area contributed by atoms with E-state index in [1.54, 1.807) is 12.3 Å². The van der Waals surface area contributed by atoms with E-state index in [4.69, 9.17) is 0 Å². The van der Waals surface area contributed by atoms with Gasteiger partial charge in [-0.3, -0.25) is 4.79 Å². The summed E-state index contributed by atoms with van der Waals surface area (Å²) in [6.07, 6.45) is 1.79. The second kappa shape index (κ2) is 7.01. The Morgan fingerprint density at radius 3 is 2.46 bits per heavy atom. The molecule has 1 fully saturated rings. The third-order valence-corrected chi connectivity index (χ3v) is 4.48. The van der Waals surface area contributed by atoms with Gasteiger partial charge in [0.25, 0.3) is 5.91 Å². The molecular formula is C19H24N4O. The first-order valence-electron chi connectivity index (χ1n) is 8.31. The molecule has 5 nitrogen and oxygen atoms in total. The molecule has 5 heteroatoms. The van der Waals surface area contributed by atoms with E-state index in [-0.39, 0.29) is 5.91 Å². The van der Waals surface area contributed by atoms with E-state index in [0.29, 0.717) is 5.69 Å². The Kier molecular flexibility index (Phi) is 4.81. The lowest BCUT2D eigenvalue weighted by Gasteiger charge is -2.33. The number of pyridine rings is 1. The first kappa shape index (κ1) is 16.5. The number of nitrogens with one attached hydrogen (secondary N) is 1. The van der Waals surface area contributed by atoms with Crippen LogP contribution < -0.4 is 10.2 Å². The maximum absolute atomic E-state index is 12.4. The molecule has 1 N–H and O–H groups in total. The van der Waals surface area contributed by atoms with Gasteiger partial charge in [-0.1, -0.05) is 17.7 Å². The summed E-state index contributed by atoms with van der Waals surface area (Å²) in [5, 5.41) is 2.94. The van der Waals surface area contributed by atoms with Gasteiger partial charge in [0.15, 0.2) is 0 Å². The first-order valence-corrected chi connectivity index (χ1v) is 8.31. The number of hydrogen-bond donors (Lipinski definition) is 1. The van der Waals surface area contributed by atoms with Crippen LogP contribution in [0, 0.1) is 13.8 Å². The predicted octanol–water partition coefficient (Wildman–Crippen LogP) is 2.70. The van der Waals surface area contributed by atoms with Crippen molar-refractivity contribution in [2.75, 3.05) is 43.4 Å². The van der Waals surface area contributed by atoms with Gasteiger partial charge in [-0.05, 0) is 44.7 Å². The molecule has 1 aromatic heterocycles. The molecule has 3 rings (SSSR count). The van der Waals surface area contributed by atoms with Gasteiger partial charge in [0.2, 0.25) is 0 Å². The molecule has 0 aliphatic carbocycles. The van der Waals surface area contributed by atoms with Crippen molar-refractivity contribution in [1.82, 2.24) is 9.88 Å². The average molecular weight is 324 g/mol. The Balaban J connectivity index is 1.67. The molecule has 1 amide bonds. The molecule has 1 aliphatic rings. The Morgan fingerprint density at radius 2 is 1.83 bits per heavy atom. The number of rotatable bonds is 3. The Labute approximate surface area is 143 Å². The van der Waals surface area contributed by atoms with E-state index in [0.717, 1.165) is 43.1 Å². The molecular weight excluding hydrogens is 300 g/mol. The van der Waals surface area contributed by atoms with Gasteiger partial charge in [-0.15, -0.1) is 0 Å². The van der Waals surface area contributed by atoms with Crippen LogP contribution in [-0.2, 0) is 0 Å². The highest BCUT2D eigenvalue weighted by Crippen LogP contribution is 2.18. The molecule has 0 unspecified atom stereocenters. The predicted molar refractivity (Wildman–Crippen MR) is 97.8 cm³/mol. The lowest BCUT2D eigenvalue weighted by molar-refractivity contribution is 0.102. The average Bonchev–Trinajstić information content (AvgIpc) is 2.58. The van der Waals surface area contributed by atoms with Crippen molar-refractivity contribution in [3.63, 3.8) is 0 Å². The zero-order valence-electron chi connectivity index (χ0n) is 14.5. The van der Waals surface area contributed by atoms with Gasteiger partial charge in [0.1, 0.15) is 5.69 Å². The molecule has 24 heavy (non-hydrogen) atoms. The van der Waals surface area contributed by atoms with Crippen LogP contribution in [0.15, 0.2) is 36.5 Å². The number of piperazine rings is 1. The van der Waals surface area contributed by atoms with Crippen molar-refractivity contribution in [2.24, 2.45) is 0 Å². The first-order chi connectivity index (χ1) is 11.5. The molecule has 126 valence electrons. The summed E-state index contributed by atoms with van der Waals surface area (Å²) >= 11 is 0. The highest BCUT2D eigenvalue weighted by Gasteiger charge is 2.15. The van der Waals surface area contributed by atoms with Gasteiger partial charge >= 0.3 is 0 Å². The molecule has 0 radical (unpaired) electrons.